The maximum atomic E-state index is 12.0. The summed E-state index contributed by atoms with van der Waals surface area (Å²) in [7, 11) is 0. The van der Waals surface area contributed by atoms with Crippen molar-refractivity contribution in [3.8, 4) is 5.75 Å². The number of amides is 1. The molecule has 22 heavy (non-hydrogen) atoms. The Labute approximate surface area is 134 Å². The fourth-order valence-corrected chi connectivity index (χ4v) is 3.80. The zero-order valence-electron chi connectivity index (χ0n) is 12.9. The van der Waals surface area contributed by atoms with Gasteiger partial charge in [-0.25, -0.2) is 4.98 Å². The summed E-state index contributed by atoms with van der Waals surface area (Å²) in [6.07, 6.45) is 3.27. The predicted molar refractivity (Wildman–Crippen MR) is 88.6 cm³/mol. The number of carbonyl (C=O) groups excluding carboxylic acids is 1. The molecule has 116 valence electrons. The summed E-state index contributed by atoms with van der Waals surface area (Å²) in [6.45, 7) is 4.23. The zero-order chi connectivity index (χ0) is 15.5. The number of anilines is 1. The number of thiazole rings is 1. The fourth-order valence-electron chi connectivity index (χ4n) is 2.61. The van der Waals surface area contributed by atoms with Crippen LogP contribution in [0.3, 0.4) is 0 Å². The summed E-state index contributed by atoms with van der Waals surface area (Å²) < 4.78 is 5.55. The van der Waals surface area contributed by atoms with Gasteiger partial charge in [0.05, 0.1) is 5.69 Å². The Balaban J connectivity index is 1.57. The molecule has 0 saturated heterocycles. The van der Waals surface area contributed by atoms with Crippen molar-refractivity contribution in [1.82, 2.24) is 4.98 Å². The van der Waals surface area contributed by atoms with E-state index in [2.05, 4.69) is 17.2 Å². The van der Waals surface area contributed by atoms with Crippen LogP contribution in [-0.4, -0.2) is 17.5 Å². The average Bonchev–Trinajstić information content (AvgIpc) is 2.87. The molecular formula is C17H20N2O2S. The number of hydrogen-bond donors (Lipinski definition) is 1. The molecule has 0 bridgehead atoms. The molecule has 1 aromatic heterocycles. The van der Waals surface area contributed by atoms with Crippen LogP contribution in [-0.2, 0) is 17.6 Å². The van der Waals surface area contributed by atoms with Crippen LogP contribution in [0.2, 0.25) is 0 Å². The van der Waals surface area contributed by atoms with Gasteiger partial charge in [0.1, 0.15) is 5.75 Å². The number of aromatic nitrogens is 1. The van der Waals surface area contributed by atoms with Gasteiger partial charge in [0.2, 0.25) is 0 Å². The average molecular weight is 316 g/mol. The van der Waals surface area contributed by atoms with Gasteiger partial charge in [-0.1, -0.05) is 25.1 Å². The van der Waals surface area contributed by atoms with Gasteiger partial charge in [-0.05, 0) is 43.7 Å². The molecule has 0 unspecified atom stereocenters. The minimum Gasteiger partial charge on any atom is -0.483 e. The molecule has 0 radical (unpaired) electrons. The molecule has 0 aliphatic heterocycles. The molecule has 3 rings (SSSR count). The summed E-state index contributed by atoms with van der Waals surface area (Å²) in [5.41, 5.74) is 2.17. The number of nitrogens with one attached hydrogen (secondary N) is 1. The largest absolute Gasteiger partial charge is 0.483 e. The second-order valence-corrected chi connectivity index (χ2v) is 6.92. The molecular weight excluding hydrogens is 296 g/mol. The maximum absolute atomic E-state index is 12.0. The summed E-state index contributed by atoms with van der Waals surface area (Å²) in [5, 5.41) is 3.54. The lowest BCUT2D eigenvalue weighted by molar-refractivity contribution is -0.118. The molecule has 1 atom stereocenters. The predicted octanol–water partition coefficient (Wildman–Crippen LogP) is 3.59. The van der Waals surface area contributed by atoms with E-state index >= 15 is 0 Å². The highest BCUT2D eigenvalue weighted by molar-refractivity contribution is 7.15. The highest BCUT2D eigenvalue weighted by Gasteiger charge is 2.20. The first-order chi connectivity index (χ1) is 10.6. The molecule has 0 saturated carbocycles. The Bertz CT molecular complexity index is 681. The van der Waals surface area contributed by atoms with E-state index in [1.54, 1.807) is 11.3 Å². The van der Waals surface area contributed by atoms with Crippen molar-refractivity contribution in [2.45, 2.75) is 33.1 Å². The first-order valence-corrected chi connectivity index (χ1v) is 8.40. The monoisotopic (exact) mass is 316 g/mol. The third-order valence-corrected chi connectivity index (χ3v) is 4.92. The number of nitrogens with zero attached hydrogens (tertiary/aromatic N) is 1. The van der Waals surface area contributed by atoms with Crippen molar-refractivity contribution >= 4 is 22.4 Å². The topological polar surface area (TPSA) is 51.2 Å². The van der Waals surface area contributed by atoms with E-state index < -0.39 is 0 Å². The van der Waals surface area contributed by atoms with Crippen molar-refractivity contribution in [2.75, 3.05) is 11.9 Å². The van der Waals surface area contributed by atoms with Gasteiger partial charge >= 0.3 is 0 Å². The highest BCUT2D eigenvalue weighted by Crippen LogP contribution is 2.32. The molecule has 0 spiro atoms. The van der Waals surface area contributed by atoms with Crippen LogP contribution in [0.1, 0.15) is 29.5 Å². The molecule has 1 aromatic carbocycles. The third kappa shape index (κ3) is 3.47. The Morgan fingerprint density at radius 2 is 2.27 bits per heavy atom. The van der Waals surface area contributed by atoms with Crippen molar-refractivity contribution in [2.24, 2.45) is 5.92 Å². The Hall–Kier alpha value is -1.88. The summed E-state index contributed by atoms with van der Waals surface area (Å²) >= 11 is 1.59. The second-order valence-electron chi connectivity index (χ2n) is 5.84. The maximum Gasteiger partial charge on any atom is 0.264 e. The number of hydrogen-bond acceptors (Lipinski definition) is 4. The van der Waals surface area contributed by atoms with Crippen LogP contribution >= 0.6 is 11.3 Å². The van der Waals surface area contributed by atoms with E-state index in [0.29, 0.717) is 11.0 Å². The van der Waals surface area contributed by atoms with Crippen LogP contribution in [0.15, 0.2) is 24.3 Å². The Morgan fingerprint density at radius 3 is 3.09 bits per heavy atom. The standard InChI is InChI=1S/C17H20N2O2S/c1-11-7-8-13-15(9-11)22-17(18-13)19-16(20)10-21-14-6-4-3-5-12(14)2/h3-6,11H,7-10H2,1-2H3,(H,18,19,20)/t11-/m1/s1. The molecule has 1 heterocycles. The number of fused-ring (bicyclic) bond motifs is 1. The van der Waals surface area contributed by atoms with E-state index in [9.17, 15) is 4.79 Å². The number of rotatable bonds is 4. The summed E-state index contributed by atoms with van der Waals surface area (Å²) in [4.78, 5) is 17.8. The SMILES string of the molecule is Cc1ccccc1OCC(=O)Nc1nc2c(s1)C[C@H](C)CC2. The van der Waals surface area contributed by atoms with Crippen LogP contribution in [0.4, 0.5) is 5.13 Å². The first kappa shape index (κ1) is 15.0. The Morgan fingerprint density at radius 1 is 1.45 bits per heavy atom. The van der Waals surface area contributed by atoms with Crippen molar-refractivity contribution in [1.29, 1.82) is 0 Å². The highest BCUT2D eigenvalue weighted by atomic mass is 32.1. The number of carbonyl (C=O) groups is 1. The lowest BCUT2D eigenvalue weighted by Gasteiger charge is -2.15. The van der Waals surface area contributed by atoms with Crippen LogP contribution in [0.5, 0.6) is 5.75 Å². The molecule has 1 N–H and O–H groups in total. The molecule has 0 fully saturated rings. The quantitative estimate of drug-likeness (QED) is 0.938. The minimum atomic E-state index is -0.164. The summed E-state index contributed by atoms with van der Waals surface area (Å²) in [6, 6.07) is 7.68. The lowest BCUT2D eigenvalue weighted by Crippen LogP contribution is -2.20. The molecule has 2 aromatic rings. The summed E-state index contributed by atoms with van der Waals surface area (Å²) in [5.74, 6) is 1.29. The number of ether oxygens (including phenoxy) is 1. The van der Waals surface area contributed by atoms with Gasteiger partial charge in [0.15, 0.2) is 11.7 Å². The Kier molecular flexibility index (Phi) is 4.43. The van der Waals surface area contributed by atoms with Crippen molar-refractivity contribution in [3.63, 3.8) is 0 Å². The molecule has 1 amide bonds. The number of benzene rings is 1. The van der Waals surface area contributed by atoms with Crippen LogP contribution in [0.25, 0.3) is 0 Å². The first-order valence-electron chi connectivity index (χ1n) is 7.58. The normalized spacial score (nSPS) is 16.9. The fraction of sp³-hybridized carbons (Fsp3) is 0.412. The van der Waals surface area contributed by atoms with E-state index in [-0.39, 0.29) is 12.5 Å². The van der Waals surface area contributed by atoms with Gasteiger partial charge in [0.25, 0.3) is 5.91 Å². The third-order valence-electron chi connectivity index (χ3n) is 3.88. The number of para-hydroxylation sites is 1. The van der Waals surface area contributed by atoms with E-state index in [1.165, 1.54) is 11.3 Å². The smallest absolute Gasteiger partial charge is 0.264 e. The van der Waals surface area contributed by atoms with Gasteiger partial charge in [0, 0.05) is 4.88 Å². The van der Waals surface area contributed by atoms with E-state index in [1.807, 2.05) is 31.2 Å². The van der Waals surface area contributed by atoms with E-state index in [0.717, 1.165) is 29.8 Å². The molecule has 5 heteroatoms. The van der Waals surface area contributed by atoms with Crippen molar-refractivity contribution < 1.29 is 9.53 Å². The molecule has 4 nitrogen and oxygen atoms in total. The van der Waals surface area contributed by atoms with Gasteiger partial charge in [-0.3, -0.25) is 10.1 Å². The van der Waals surface area contributed by atoms with Gasteiger partial charge in [-0.2, -0.15) is 0 Å². The minimum absolute atomic E-state index is 0.00546. The van der Waals surface area contributed by atoms with E-state index in [4.69, 9.17) is 4.74 Å². The van der Waals surface area contributed by atoms with Crippen LogP contribution < -0.4 is 10.1 Å². The van der Waals surface area contributed by atoms with Gasteiger partial charge in [-0.15, -0.1) is 11.3 Å². The molecule has 1 aliphatic carbocycles. The lowest BCUT2D eigenvalue weighted by atomic mass is 9.93. The molecule has 1 aliphatic rings. The number of aryl methyl sites for hydroxylation is 2. The zero-order valence-corrected chi connectivity index (χ0v) is 13.7. The van der Waals surface area contributed by atoms with Crippen LogP contribution in [0, 0.1) is 12.8 Å². The van der Waals surface area contributed by atoms with Gasteiger partial charge < -0.3 is 4.74 Å². The van der Waals surface area contributed by atoms with Crippen molar-refractivity contribution in [3.05, 3.63) is 40.4 Å². The second kappa shape index (κ2) is 6.48.